The molecule has 1 aliphatic heterocycles. The third-order valence-electron chi connectivity index (χ3n) is 2.85. The van der Waals surface area contributed by atoms with E-state index in [0.29, 0.717) is 5.88 Å². The molecule has 0 aliphatic carbocycles. The second-order valence-electron chi connectivity index (χ2n) is 3.99. The Hall–Kier alpha value is -1.36. The van der Waals surface area contributed by atoms with Crippen molar-refractivity contribution >= 4 is 5.82 Å². The molecule has 0 unspecified atom stereocenters. The van der Waals surface area contributed by atoms with Crippen LogP contribution in [0.5, 0.6) is 5.88 Å². The van der Waals surface area contributed by atoms with Gasteiger partial charge in [-0.05, 0) is 6.42 Å². The molecule has 5 nitrogen and oxygen atoms in total. The molecule has 82 valence electrons. The van der Waals surface area contributed by atoms with Gasteiger partial charge in [0.25, 0.3) is 0 Å². The molecule has 1 aromatic rings. The van der Waals surface area contributed by atoms with E-state index < -0.39 is 0 Å². The number of methoxy groups -OCH3 is 1. The highest BCUT2D eigenvalue weighted by Crippen LogP contribution is 2.26. The standard InChI is InChI=1S/C10H16N4O/c1-3-10(11)6-14(7-10)8-4-12-5-9(13-8)15-2/h4-5H,3,6-7,11H2,1-2H3. The van der Waals surface area contributed by atoms with Crippen LogP contribution in [0.15, 0.2) is 12.4 Å². The van der Waals surface area contributed by atoms with Crippen LogP contribution in [-0.2, 0) is 0 Å². The Morgan fingerprint density at radius 1 is 1.53 bits per heavy atom. The monoisotopic (exact) mass is 208 g/mol. The fourth-order valence-corrected chi connectivity index (χ4v) is 1.69. The third kappa shape index (κ3) is 1.87. The lowest BCUT2D eigenvalue weighted by molar-refractivity contribution is 0.318. The summed E-state index contributed by atoms with van der Waals surface area (Å²) in [5.41, 5.74) is 6.03. The van der Waals surface area contributed by atoms with E-state index in [1.807, 2.05) is 0 Å². The number of anilines is 1. The van der Waals surface area contributed by atoms with Crippen molar-refractivity contribution in [3.63, 3.8) is 0 Å². The van der Waals surface area contributed by atoms with Gasteiger partial charge in [-0.1, -0.05) is 6.92 Å². The summed E-state index contributed by atoms with van der Waals surface area (Å²) in [7, 11) is 1.59. The van der Waals surface area contributed by atoms with Crippen molar-refractivity contribution in [3.05, 3.63) is 12.4 Å². The predicted molar refractivity (Wildman–Crippen MR) is 58.0 cm³/mol. The van der Waals surface area contributed by atoms with Gasteiger partial charge in [-0.15, -0.1) is 0 Å². The average molecular weight is 208 g/mol. The van der Waals surface area contributed by atoms with E-state index in [1.54, 1.807) is 19.5 Å². The number of ether oxygens (including phenoxy) is 1. The van der Waals surface area contributed by atoms with Crippen molar-refractivity contribution in [1.29, 1.82) is 0 Å². The van der Waals surface area contributed by atoms with Gasteiger partial charge in [0.15, 0.2) is 5.82 Å². The molecule has 1 saturated heterocycles. The Morgan fingerprint density at radius 3 is 2.87 bits per heavy atom. The lowest BCUT2D eigenvalue weighted by atomic mass is 9.88. The first-order chi connectivity index (χ1) is 7.17. The summed E-state index contributed by atoms with van der Waals surface area (Å²) in [6.07, 6.45) is 4.32. The van der Waals surface area contributed by atoms with Crippen molar-refractivity contribution in [3.8, 4) is 5.88 Å². The highest BCUT2D eigenvalue weighted by molar-refractivity contribution is 5.43. The molecule has 0 radical (unpaired) electrons. The molecule has 0 bridgehead atoms. The maximum absolute atomic E-state index is 6.08. The maximum atomic E-state index is 6.08. The number of aromatic nitrogens is 2. The van der Waals surface area contributed by atoms with Crippen LogP contribution >= 0.6 is 0 Å². The number of rotatable bonds is 3. The Labute approximate surface area is 89.3 Å². The lowest BCUT2D eigenvalue weighted by Gasteiger charge is -2.47. The summed E-state index contributed by atoms with van der Waals surface area (Å²) in [5.74, 6) is 1.38. The van der Waals surface area contributed by atoms with E-state index in [0.717, 1.165) is 25.3 Å². The average Bonchev–Trinajstić information content (AvgIpc) is 2.25. The number of nitrogens with two attached hydrogens (primary N) is 1. The fourth-order valence-electron chi connectivity index (χ4n) is 1.69. The molecular weight excluding hydrogens is 192 g/mol. The van der Waals surface area contributed by atoms with Crippen LogP contribution in [-0.4, -0.2) is 35.7 Å². The Balaban J connectivity index is 2.06. The normalized spacial score (nSPS) is 18.5. The molecule has 1 fully saturated rings. The van der Waals surface area contributed by atoms with Gasteiger partial charge in [-0.3, -0.25) is 4.98 Å². The topological polar surface area (TPSA) is 64.3 Å². The molecular formula is C10H16N4O. The minimum Gasteiger partial charge on any atom is -0.480 e. The molecule has 0 amide bonds. The minimum absolute atomic E-state index is 0.0508. The lowest BCUT2D eigenvalue weighted by Crippen LogP contribution is -2.67. The first kappa shape index (κ1) is 10.2. The molecule has 0 saturated carbocycles. The Bertz CT molecular complexity index is 349. The van der Waals surface area contributed by atoms with Gasteiger partial charge in [0.2, 0.25) is 5.88 Å². The molecule has 1 aromatic heterocycles. The van der Waals surface area contributed by atoms with E-state index in [1.165, 1.54) is 0 Å². The van der Waals surface area contributed by atoms with E-state index in [9.17, 15) is 0 Å². The summed E-state index contributed by atoms with van der Waals surface area (Å²) >= 11 is 0. The smallest absolute Gasteiger partial charge is 0.233 e. The van der Waals surface area contributed by atoms with Crippen LogP contribution in [0.25, 0.3) is 0 Å². The van der Waals surface area contributed by atoms with Crippen molar-refractivity contribution < 1.29 is 4.74 Å². The summed E-state index contributed by atoms with van der Waals surface area (Å²) in [6, 6.07) is 0. The van der Waals surface area contributed by atoms with Crippen LogP contribution < -0.4 is 15.4 Å². The van der Waals surface area contributed by atoms with E-state index >= 15 is 0 Å². The SMILES string of the molecule is CCC1(N)CN(c2cncc(OC)n2)C1. The first-order valence-corrected chi connectivity index (χ1v) is 5.07. The van der Waals surface area contributed by atoms with Crippen LogP contribution in [0.4, 0.5) is 5.82 Å². The van der Waals surface area contributed by atoms with Crippen molar-refractivity contribution in [2.24, 2.45) is 5.73 Å². The number of nitrogens with zero attached hydrogens (tertiary/aromatic N) is 3. The highest BCUT2D eigenvalue weighted by atomic mass is 16.5. The second-order valence-corrected chi connectivity index (χ2v) is 3.99. The zero-order chi connectivity index (χ0) is 10.9. The van der Waals surface area contributed by atoms with Gasteiger partial charge in [0, 0.05) is 13.1 Å². The van der Waals surface area contributed by atoms with Crippen LogP contribution in [0.3, 0.4) is 0 Å². The van der Waals surface area contributed by atoms with Gasteiger partial charge in [-0.2, -0.15) is 4.98 Å². The molecule has 0 aromatic carbocycles. The van der Waals surface area contributed by atoms with E-state index in [2.05, 4.69) is 21.8 Å². The molecule has 0 spiro atoms. The molecule has 2 N–H and O–H groups in total. The van der Waals surface area contributed by atoms with Crippen molar-refractivity contribution in [2.45, 2.75) is 18.9 Å². The van der Waals surface area contributed by atoms with Crippen LogP contribution in [0, 0.1) is 0 Å². The summed E-state index contributed by atoms with van der Waals surface area (Å²) in [6.45, 7) is 3.78. The van der Waals surface area contributed by atoms with E-state index in [4.69, 9.17) is 10.5 Å². The Kier molecular flexibility index (Phi) is 2.48. The molecule has 1 aliphatic rings. The van der Waals surface area contributed by atoms with Gasteiger partial charge >= 0.3 is 0 Å². The van der Waals surface area contributed by atoms with Gasteiger partial charge < -0.3 is 15.4 Å². The fraction of sp³-hybridized carbons (Fsp3) is 0.600. The van der Waals surface area contributed by atoms with Crippen molar-refractivity contribution in [2.75, 3.05) is 25.1 Å². The quantitative estimate of drug-likeness (QED) is 0.779. The first-order valence-electron chi connectivity index (χ1n) is 5.07. The third-order valence-corrected chi connectivity index (χ3v) is 2.85. The molecule has 2 heterocycles. The minimum atomic E-state index is -0.0508. The van der Waals surface area contributed by atoms with Gasteiger partial charge in [-0.25, -0.2) is 0 Å². The largest absolute Gasteiger partial charge is 0.480 e. The zero-order valence-corrected chi connectivity index (χ0v) is 9.10. The predicted octanol–water partition coefficient (Wildman–Crippen LogP) is 0.413. The van der Waals surface area contributed by atoms with Gasteiger partial charge in [0.1, 0.15) is 0 Å². The molecule has 2 rings (SSSR count). The second kappa shape index (κ2) is 3.66. The molecule has 15 heavy (non-hydrogen) atoms. The highest BCUT2D eigenvalue weighted by Gasteiger charge is 2.38. The number of hydrogen-bond donors (Lipinski definition) is 1. The summed E-state index contributed by atoms with van der Waals surface area (Å²) in [5, 5.41) is 0. The molecule has 5 heteroatoms. The van der Waals surface area contributed by atoms with E-state index in [-0.39, 0.29) is 5.54 Å². The van der Waals surface area contributed by atoms with Gasteiger partial charge in [0.05, 0.1) is 25.0 Å². The maximum Gasteiger partial charge on any atom is 0.233 e. The summed E-state index contributed by atoms with van der Waals surface area (Å²) < 4.78 is 5.02. The van der Waals surface area contributed by atoms with Crippen molar-refractivity contribution in [1.82, 2.24) is 9.97 Å². The number of hydrogen-bond acceptors (Lipinski definition) is 5. The molecule has 0 atom stereocenters. The van der Waals surface area contributed by atoms with Crippen LogP contribution in [0.2, 0.25) is 0 Å². The van der Waals surface area contributed by atoms with Crippen LogP contribution in [0.1, 0.15) is 13.3 Å². The zero-order valence-electron chi connectivity index (χ0n) is 9.10. The Morgan fingerprint density at radius 2 is 2.27 bits per heavy atom. The summed E-state index contributed by atoms with van der Waals surface area (Å²) in [4.78, 5) is 10.5.